The average molecular weight is 655 g/mol. The van der Waals surface area contributed by atoms with E-state index in [2.05, 4.69) is 40.5 Å². The summed E-state index contributed by atoms with van der Waals surface area (Å²) in [6, 6.07) is 19.9. The number of rotatable bonds is 7. The molecule has 1 aliphatic heterocycles. The number of aryl methyl sites for hydroxylation is 1. The Bertz CT molecular complexity index is 2270. The van der Waals surface area contributed by atoms with E-state index < -0.39 is 16.4 Å². The number of nitrogens with zero attached hydrogens (tertiary/aromatic N) is 8. The van der Waals surface area contributed by atoms with Crippen molar-refractivity contribution < 1.29 is 9.00 Å². The third-order valence-corrected chi connectivity index (χ3v) is 11.3. The second-order valence-electron chi connectivity index (χ2n) is 12.9. The van der Waals surface area contributed by atoms with Crippen LogP contribution in [0.5, 0.6) is 0 Å². The standard InChI is InChI=1S/C37H34N8O2S/c1-24(15-18-38)44-23-27(19-41-44)25-11-13-26(14-12-25)31-32-33-30(43(3)36(46)37(33)16-7-8-17-37)21-39-35(32)45(34(31)28-20-40-42(2)22-28)48(47)29-9-5-4-6-10-29/h4-6,9-14,19-24H,7-8,15-17H2,1-3H3. The Balaban J connectivity index is 1.42. The molecule has 4 aromatic heterocycles. The van der Waals surface area contributed by atoms with Gasteiger partial charge < -0.3 is 4.90 Å². The van der Waals surface area contributed by atoms with E-state index in [1.54, 1.807) is 22.0 Å². The summed E-state index contributed by atoms with van der Waals surface area (Å²) in [5.41, 5.74) is 7.00. The molecule has 1 spiro atoms. The fraction of sp³-hybridized carbons (Fsp3) is 0.270. The topological polar surface area (TPSA) is 115 Å². The highest BCUT2D eigenvalue weighted by molar-refractivity contribution is 7.83. The zero-order valence-corrected chi connectivity index (χ0v) is 27.8. The molecular weight excluding hydrogens is 621 g/mol. The zero-order chi connectivity index (χ0) is 33.2. The minimum absolute atomic E-state index is 0.0278. The minimum atomic E-state index is -1.66. The number of hydrogen-bond acceptors (Lipinski definition) is 6. The fourth-order valence-corrected chi connectivity index (χ4v) is 8.86. The van der Waals surface area contributed by atoms with Crippen LogP contribution < -0.4 is 4.90 Å². The van der Waals surface area contributed by atoms with E-state index in [1.807, 2.05) is 78.6 Å². The highest BCUT2D eigenvalue weighted by Gasteiger charge is 2.53. The SMILES string of the molecule is CC(CC#N)n1cc(-c2ccc(-c3c(-c4cnn(C)c4)n(S(=O)c4ccccc4)c4ncc5c(c34)C3(CCCC3)C(=O)N5C)cc2)cn1. The van der Waals surface area contributed by atoms with Gasteiger partial charge in [0.1, 0.15) is 0 Å². The summed E-state index contributed by atoms with van der Waals surface area (Å²) in [5, 5.41) is 19.0. The number of pyridine rings is 1. The van der Waals surface area contributed by atoms with Crippen molar-refractivity contribution in [3.05, 3.63) is 91.1 Å². The first kappa shape index (κ1) is 30.0. The molecular formula is C37H34N8O2S. The normalized spacial score (nSPS) is 16.5. The van der Waals surface area contributed by atoms with E-state index in [1.165, 1.54) is 0 Å². The Hall–Kier alpha value is -5.34. The van der Waals surface area contributed by atoms with Crippen LogP contribution in [0.2, 0.25) is 0 Å². The Labute approximate surface area is 280 Å². The van der Waals surface area contributed by atoms with Crippen molar-refractivity contribution in [2.24, 2.45) is 7.05 Å². The first-order chi connectivity index (χ1) is 23.3. The maximum absolute atomic E-state index is 14.7. The molecule has 2 aromatic carbocycles. The van der Waals surface area contributed by atoms with Crippen LogP contribution in [0.25, 0.3) is 44.5 Å². The zero-order valence-electron chi connectivity index (χ0n) is 27.0. The molecule has 0 saturated heterocycles. The molecule has 0 N–H and O–H groups in total. The van der Waals surface area contributed by atoms with E-state index in [9.17, 15) is 9.00 Å². The number of likely N-dealkylation sites (N-methyl/N-ethyl adjacent to an activating group) is 1. The van der Waals surface area contributed by atoms with Crippen molar-refractivity contribution in [2.75, 3.05) is 11.9 Å². The van der Waals surface area contributed by atoms with Crippen LogP contribution in [0.1, 0.15) is 50.6 Å². The maximum atomic E-state index is 14.7. The summed E-state index contributed by atoms with van der Waals surface area (Å²) < 4.78 is 20.1. The highest BCUT2D eigenvalue weighted by Crippen LogP contribution is 2.56. The monoisotopic (exact) mass is 654 g/mol. The van der Waals surface area contributed by atoms with Crippen LogP contribution in [0, 0.1) is 11.3 Å². The number of nitriles is 1. The Morgan fingerprint density at radius 3 is 2.31 bits per heavy atom. The molecule has 1 aliphatic carbocycles. The lowest BCUT2D eigenvalue weighted by atomic mass is 9.78. The smallest absolute Gasteiger partial charge is 0.237 e. The quantitative estimate of drug-likeness (QED) is 0.187. The molecule has 0 radical (unpaired) electrons. The van der Waals surface area contributed by atoms with Crippen molar-refractivity contribution in [3.8, 4) is 39.6 Å². The van der Waals surface area contributed by atoms with Crippen molar-refractivity contribution >= 4 is 33.6 Å². The minimum Gasteiger partial charge on any atom is -0.313 e. The van der Waals surface area contributed by atoms with Crippen molar-refractivity contribution in [1.82, 2.24) is 28.5 Å². The molecule has 48 heavy (non-hydrogen) atoms. The molecule has 2 aliphatic rings. The van der Waals surface area contributed by atoms with E-state index in [0.29, 0.717) is 17.0 Å². The second kappa shape index (κ2) is 11.4. The van der Waals surface area contributed by atoms with Crippen molar-refractivity contribution in [2.45, 2.75) is 55.4 Å². The fourth-order valence-electron chi connectivity index (χ4n) is 7.60. The van der Waals surface area contributed by atoms with E-state index >= 15 is 0 Å². The Morgan fingerprint density at radius 1 is 0.917 bits per heavy atom. The Morgan fingerprint density at radius 2 is 1.62 bits per heavy atom. The summed E-state index contributed by atoms with van der Waals surface area (Å²) in [4.78, 5) is 21.5. The Kier molecular flexibility index (Phi) is 7.14. The third-order valence-electron chi connectivity index (χ3n) is 9.97. The lowest BCUT2D eigenvalue weighted by molar-refractivity contribution is -0.122. The molecule has 5 heterocycles. The lowest BCUT2D eigenvalue weighted by Crippen LogP contribution is -2.36. The van der Waals surface area contributed by atoms with Gasteiger partial charge in [0, 0.05) is 54.1 Å². The second-order valence-corrected chi connectivity index (χ2v) is 14.2. The first-order valence-corrected chi connectivity index (χ1v) is 17.3. The van der Waals surface area contributed by atoms with E-state index in [-0.39, 0.29) is 11.9 Å². The number of aromatic nitrogens is 6. The van der Waals surface area contributed by atoms with Gasteiger partial charge in [-0.3, -0.25) is 14.2 Å². The predicted octanol–water partition coefficient (Wildman–Crippen LogP) is 6.80. The summed E-state index contributed by atoms with van der Waals surface area (Å²) in [7, 11) is 2.05. The molecule has 1 saturated carbocycles. The van der Waals surface area contributed by atoms with Crippen LogP contribution in [-0.4, -0.2) is 45.7 Å². The summed E-state index contributed by atoms with van der Waals surface area (Å²) in [5.74, 6) is 0.105. The predicted molar refractivity (Wildman–Crippen MR) is 185 cm³/mol. The van der Waals surface area contributed by atoms with E-state index in [4.69, 9.17) is 10.2 Å². The van der Waals surface area contributed by atoms with Crippen molar-refractivity contribution in [1.29, 1.82) is 5.26 Å². The largest absolute Gasteiger partial charge is 0.313 e. The van der Waals surface area contributed by atoms with Crippen LogP contribution >= 0.6 is 0 Å². The third kappa shape index (κ3) is 4.47. The van der Waals surface area contributed by atoms with Gasteiger partial charge in [0.15, 0.2) is 16.6 Å². The number of carbonyl (C=O) groups is 1. The van der Waals surface area contributed by atoms with Crippen LogP contribution in [-0.2, 0) is 28.2 Å². The first-order valence-electron chi connectivity index (χ1n) is 16.2. The number of amides is 1. The average Bonchev–Trinajstić information content (AvgIpc) is 3.95. The lowest BCUT2D eigenvalue weighted by Gasteiger charge is -2.22. The molecule has 11 heteroatoms. The molecule has 240 valence electrons. The number of fused-ring (bicyclic) bond motifs is 4. The van der Waals surface area contributed by atoms with Crippen LogP contribution in [0.15, 0.2) is 90.5 Å². The van der Waals surface area contributed by atoms with Gasteiger partial charge in [0.05, 0.1) is 58.8 Å². The number of hydrogen-bond donors (Lipinski definition) is 0. The molecule has 8 rings (SSSR count). The highest BCUT2D eigenvalue weighted by atomic mass is 32.2. The van der Waals surface area contributed by atoms with E-state index in [0.717, 1.165) is 75.8 Å². The number of benzene rings is 2. The van der Waals surface area contributed by atoms with Gasteiger partial charge in [-0.15, -0.1) is 0 Å². The molecule has 6 aromatic rings. The molecule has 2 unspecified atom stereocenters. The summed E-state index contributed by atoms with van der Waals surface area (Å²) in [6.45, 7) is 1.98. The van der Waals surface area contributed by atoms with Gasteiger partial charge in [-0.25, -0.2) is 13.2 Å². The van der Waals surface area contributed by atoms with Gasteiger partial charge in [-0.2, -0.15) is 15.5 Å². The van der Waals surface area contributed by atoms with Gasteiger partial charge in [-0.1, -0.05) is 55.3 Å². The van der Waals surface area contributed by atoms with Crippen molar-refractivity contribution in [3.63, 3.8) is 0 Å². The summed E-state index contributed by atoms with van der Waals surface area (Å²) >= 11 is 0. The maximum Gasteiger partial charge on any atom is 0.237 e. The van der Waals surface area contributed by atoms with Gasteiger partial charge in [-0.05, 0) is 43.0 Å². The van der Waals surface area contributed by atoms with Crippen LogP contribution in [0.3, 0.4) is 0 Å². The summed E-state index contributed by atoms with van der Waals surface area (Å²) in [6.07, 6.45) is 13.2. The van der Waals surface area contributed by atoms with Gasteiger partial charge >= 0.3 is 0 Å². The van der Waals surface area contributed by atoms with Gasteiger partial charge in [0.25, 0.3) is 0 Å². The van der Waals surface area contributed by atoms with Crippen LogP contribution in [0.4, 0.5) is 5.69 Å². The molecule has 0 bridgehead atoms. The molecule has 10 nitrogen and oxygen atoms in total. The molecule has 1 amide bonds. The molecule has 1 fully saturated rings. The van der Waals surface area contributed by atoms with Gasteiger partial charge in [0.2, 0.25) is 5.91 Å². The number of carbonyl (C=O) groups excluding carboxylic acids is 1. The number of anilines is 1. The molecule has 2 atom stereocenters.